The van der Waals surface area contributed by atoms with E-state index in [0.29, 0.717) is 29.7 Å². The normalized spacial score (nSPS) is 10.9. The van der Waals surface area contributed by atoms with E-state index < -0.39 is 0 Å². The smallest absolute Gasteiger partial charge is 0.338 e. The molecule has 2 rings (SSSR count). The van der Waals surface area contributed by atoms with Crippen LogP contribution in [-0.2, 0) is 9.53 Å². The first-order valence-corrected chi connectivity index (χ1v) is 10.1. The summed E-state index contributed by atoms with van der Waals surface area (Å²) in [6.45, 7) is 10.7. The highest BCUT2D eigenvalue weighted by molar-refractivity contribution is 5.93. The summed E-state index contributed by atoms with van der Waals surface area (Å²) >= 11 is 0. The molecular formula is C24H31NO4. The molecule has 0 aliphatic rings. The van der Waals surface area contributed by atoms with Gasteiger partial charge < -0.3 is 14.8 Å². The fourth-order valence-electron chi connectivity index (χ4n) is 2.74. The summed E-state index contributed by atoms with van der Waals surface area (Å²) in [5, 5.41) is 2.78. The van der Waals surface area contributed by atoms with Gasteiger partial charge in [0.25, 0.3) is 5.91 Å². The fourth-order valence-corrected chi connectivity index (χ4v) is 2.74. The maximum absolute atomic E-state index is 12.2. The van der Waals surface area contributed by atoms with Crippen molar-refractivity contribution in [1.29, 1.82) is 0 Å². The predicted molar refractivity (Wildman–Crippen MR) is 116 cm³/mol. The average Bonchev–Trinajstić information content (AvgIpc) is 2.66. The predicted octanol–water partition coefficient (Wildman–Crippen LogP) is 5.34. The van der Waals surface area contributed by atoms with E-state index in [9.17, 15) is 9.59 Å². The van der Waals surface area contributed by atoms with Gasteiger partial charge in [0.05, 0.1) is 12.2 Å². The van der Waals surface area contributed by atoms with E-state index in [4.69, 9.17) is 9.47 Å². The van der Waals surface area contributed by atoms with Gasteiger partial charge in [-0.3, -0.25) is 4.79 Å². The number of hydrogen-bond donors (Lipinski definition) is 1. The van der Waals surface area contributed by atoms with E-state index in [2.05, 4.69) is 33.0 Å². The molecule has 2 aromatic rings. The molecule has 0 unspecified atom stereocenters. The van der Waals surface area contributed by atoms with Gasteiger partial charge in [-0.05, 0) is 66.6 Å². The molecule has 5 heteroatoms. The number of benzene rings is 2. The number of carbonyl (C=O) groups is 2. The van der Waals surface area contributed by atoms with E-state index >= 15 is 0 Å². The number of ether oxygens (including phenoxy) is 2. The van der Waals surface area contributed by atoms with Crippen LogP contribution in [0.25, 0.3) is 0 Å². The van der Waals surface area contributed by atoms with E-state index in [1.165, 1.54) is 0 Å². The maximum Gasteiger partial charge on any atom is 0.338 e. The summed E-state index contributed by atoms with van der Waals surface area (Å²) in [4.78, 5) is 24.3. The van der Waals surface area contributed by atoms with Gasteiger partial charge in [-0.15, -0.1) is 0 Å². The number of hydrogen-bond acceptors (Lipinski definition) is 4. The number of amides is 1. The van der Waals surface area contributed by atoms with Crippen LogP contribution in [0.3, 0.4) is 0 Å². The van der Waals surface area contributed by atoms with Crippen LogP contribution in [0, 0.1) is 12.8 Å². The standard InChI is InChI=1S/C24H31NO4/c1-16(2)12-13-28-24(27)19-7-9-20(10-8-19)25-23(26)15-29-22-14-18(5)6-11-21(22)17(3)4/h6-11,14,16-17H,12-13,15H2,1-5H3,(H,25,26). The first-order chi connectivity index (χ1) is 13.8. The van der Waals surface area contributed by atoms with E-state index in [1.54, 1.807) is 24.3 Å². The van der Waals surface area contributed by atoms with Crippen LogP contribution >= 0.6 is 0 Å². The molecule has 0 radical (unpaired) electrons. The molecule has 1 N–H and O–H groups in total. The molecule has 0 aliphatic carbocycles. The van der Waals surface area contributed by atoms with Crippen LogP contribution in [-0.4, -0.2) is 25.1 Å². The van der Waals surface area contributed by atoms with Gasteiger partial charge >= 0.3 is 5.97 Å². The third-order valence-electron chi connectivity index (χ3n) is 4.48. The molecule has 0 saturated carbocycles. The minimum atomic E-state index is -0.354. The Morgan fingerprint density at radius 2 is 1.69 bits per heavy atom. The Labute approximate surface area is 173 Å². The summed E-state index contributed by atoms with van der Waals surface area (Å²) in [7, 11) is 0. The van der Waals surface area contributed by atoms with Crippen LogP contribution < -0.4 is 10.1 Å². The molecule has 0 saturated heterocycles. The zero-order chi connectivity index (χ0) is 21.4. The van der Waals surface area contributed by atoms with Crippen LogP contribution in [0.1, 0.15) is 61.5 Å². The van der Waals surface area contributed by atoms with Crippen LogP contribution in [0.15, 0.2) is 42.5 Å². The van der Waals surface area contributed by atoms with Crippen molar-refractivity contribution in [3.8, 4) is 5.75 Å². The lowest BCUT2D eigenvalue weighted by Crippen LogP contribution is -2.20. The largest absolute Gasteiger partial charge is 0.483 e. The lowest BCUT2D eigenvalue weighted by Gasteiger charge is -2.15. The highest BCUT2D eigenvalue weighted by Gasteiger charge is 2.11. The van der Waals surface area contributed by atoms with Crippen molar-refractivity contribution >= 4 is 17.6 Å². The summed E-state index contributed by atoms with van der Waals surface area (Å²) < 4.78 is 11.0. The molecule has 0 heterocycles. The molecular weight excluding hydrogens is 366 g/mol. The van der Waals surface area contributed by atoms with E-state index in [0.717, 1.165) is 23.3 Å². The molecule has 0 spiro atoms. The summed E-state index contributed by atoms with van der Waals surface area (Å²) in [5.74, 6) is 0.913. The lowest BCUT2D eigenvalue weighted by atomic mass is 10.0. The zero-order valence-corrected chi connectivity index (χ0v) is 18.0. The summed E-state index contributed by atoms with van der Waals surface area (Å²) in [6.07, 6.45) is 0.833. The SMILES string of the molecule is Cc1ccc(C(C)C)c(OCC(=O)Nc2ccc(C(=O)OCCC(C)C)cc2)c1. The van der Waals surface area contributed by atoms with Crippen LogP contribution in [0.2, 0.25) is 0 Å². The molecule has 1 amide bonds. The molecule has 2 aromatic carbocycles. The molecule has 156 valence electrons. The Morgan fingerprint density at radius 3 is 2.31 bits per heavy atom. The minimum Gasteiger partial charge on any atom is -0.483 e. The Balaban J connectivity index is 1.88. The van der Waals surface area contributed by atoms with Gasteiger partial charge in [-0.2, -0.15) is 0 Å². The number of anilines is 1. The van der Waals surface area contributed by atoms with E-state index in [-0.39, 0.29) is 18.5 Å². The van der Waals surface area contributed by atoms with Crippen molar-refractivity contribution in [3.63, 3.8) is 0 Å². The molecule has 0 atom stereocenters. The highest BCUT2D eigenvalue weighted by atomic mass is 16.5. The van der Waals surface area contributed by atoms with Crippen LogP contribution in [0.4, 0.5) is 5.69 Å². The average molecular weight is 398 g/mol. The Hall–Kier alpha value is -2.82. The number of aryl methyl sites for hydroxylation is 1. The van der Waals surface area contributed by atoms with Crippen LogP contribution in [0.5, 0.6) is 5.75 Å². The van der Waals surface area contributed by atoms with Crippen molar-refractivity contribution in [2.75, 3.05) is 18.5 Å². The zero-order valence-electron chi connectivity index (χ0n) is 18.0. The van der Waals surface area contributed by atoms with Crippen molar-refractivity contribution < 1.29 is 19.1 Å². The van der Waals surface area contributed by atoms with Crippen molar-refractivity contribution in [1.82, 2.24) is 0 Å². The highest BCUT2D eigenvalue weighted by Crippen LogP contribution is 2.27. The molecule has 0 aromatic heterocycles. The molecule has 0 bridgehead atoms. The van der Waals surface area contributed by atoms with Crippen molar-refractivity contribution in [2.24, 2.45) is 5.92 Å². The second kappa shape index (κ2) is 10.6. The number of esters is 1. The molecule has 0 fully saturated rings. The van der Waals surface area contributed by atoms with Gasteiger partial charge in [0.15, 0.2) is 6.61 Å². The quantitative estimate of drug-likeness (QED) is 0.580. The Morgan fingerprint density at radius 1 is 1.00 bits per heavy atom. The summed E-state index contributed by atoms with van der Waals surface area (Å²) in [5.41, 5.74) is 3.22. The summed E-state index contributed by atoms with van der Waals surface area (Å²) in [6, 6.07) is 12.7. The Kier molecular flexibility index (Phi) is 8.25. The van der Waals surface area contributed by atoms with Crippen molar-refractivity contribution in [3.05, 3.63) is 59.2 Å². The molecule has 5 nitrogen and oxygen atoms in total. The van der Waals surface area contributed by atoms with E-state index in [1.807, 2.05) is 25.1 Å². The van der Waals surface area contributed by atoms with Gasteiger partial charge in [-0.1, -0.05) is 39.8 Å². The number of nitrogens with one attached hydrogen (secondary N) is 1. The first kappa shape index (κ1) is 22.5. The van der Waals surface area contributed by atoms with Gasteiger partial charge in [-0.25, -0.2) is 4.79 Å². The number of rotatable bonds is 9. The fraction of sp³-hybridized carbons (Fsp3) is 0.417. The van der Waals surface area contributed by atoms with Gasteiger partial charge in [0, 0.05) is 5.69 Å². The minimum absolute atomic E-state index is 0.0812. The maximum atomic E-state index is 12.2. The van der Waals surface area contributed by atoms with Gasteiger partial charge in [0.2, 0.25) is 0 Å². The number of carbonyl (C=O) groups excluding carboxylic acids is 2. The lowest BCUT2D eigenvalue weighted by molar-refractivity contribution is -0.118. The first-order valence-electron chi connectivity index (χ1n) is 10.1. The second-order valence-electron chi connectivity index (χ2n) is 7.93. The molecule has 29 heavy (non-hydrogen) atoms. The monoisotopic (exact) mass is 397 g/mol. The van der Waals surface area contributed by atoms with Crippen molar-refractivity contribution in [2.45, 2.75) is 47.0 Å². The third kappa shape index (κ3) is 7.26. The topological polar surface area (TPSA) is 64.6 Å². The molecule has 0 aliphatic heterocycles. The second-order valence-corrected chi connectivity index (χ2v) is 7.93. The third-order valence-corrected chi connectivity index (χ3v) is 4.48. The Bertz CT molecular complexity index is 825. The van der Waals surface area contributed by atoms with Gasteiger partial charge in [0.1, 0.15) is 5.75 Å².